The second-order valence-corrected chi connectivity index (χ2v) is 7.48. The van der Waals surface area contributed by atoms with Gasteiger partial charge in [0.05, 0.1) is 17.7 Å². The predicted molar refractivity (Wildman–Crippen MR) is 108 cm³/mol. The number of para-hydroxylation sites is 1. The number of aryl methyl sites for hydroxylation is 1. The number of carbonyl (C=O) groups excluding carboxylic acids is 1. The molecule has 3 aromatic rings. The van der Waals surface area contributed by atoms with Crippen LogP contribution in [-0.2, 0) is 10.2 Å². The largest absolute Gasteiger partial charge is 0.383 e. The summed E-state index contributed by atoms with van der Waals surface area (Å²) in [5, 5.41) is 4.07. The van der Waals surface area contributed by atoms with Gasteiger partial charge in [-0.05, 0) is 37.0 Å². The second kappa shape index (κ2) is 7.20. The molecule has 1 aromatic heterocycles. The summed E-state index contributed by atoms with van der Waals surface area (Å²) in [6, 6.07) is 14.9. The maximum Gasteiger partial charge on any atom is 0.253 e. The number of benzene rings is 2. The van der Waals surface area contributed by atoms with Crippen LogP contribution in [0.25, 0.3) is 10.9 Å². The van der Waals surface area contributed by atoms with Crippen LogP contribution in [0.1, 0.15) is 46.3 Å². The molecule has 1 amide bonds. The maximum atomic E-state index is 12.6. The van der Waals surface area contributed by atoms with E-state index in [1.54, 1.807) is 7.11 Å². The number of aromatic nitrogens is 1. The fraction of sp³-hybridized carbons (Fsp3) is 0.348. The standard InChI is InChI=1S/C23H26N2O2/c1-16-7-9-17(10-8-16)23(11-4-12-23)20-15-25-21-18(20)5-3-6-19(21)22(26)24-13-14-27-2/h3,5-10,15,25H,4,11-14H2,1-2H3,(H,24,26). The van der Waals surface area contributed by atoms with Crippen molar-refractivity contribution < 1.29 is 9.53 Å². The molecule has 0 aliphatic heterocycles. The van der Waals surface area contributed by atoms with E-state index in [1.165, 1.54) is 23.1 Å². The molecule has 0 atom stereocenters. The first-order valence-electron chi connectivity index (χ1n) is 9.60. The molecule has 2 N–H and O–H groups in total. The van der Waals surface area contributed by atoms with Crippen molar-refractivity contribution in [2.24, 2.45) is 0 Å². The van der Waals surface area contributed by atoms with Gasteiger partial charge in [-0.3, -0.25) is 4.79 Å². The summed E-state index contributed by atoms with van der Waals surface area (Å²) in [5.74, 6) is -0.0657. The fourth-order valence-electron chi connectivity index (χ4n) is 4.22. The maximum absolute atomic E-state index is 12.6. The van der Waals surface area contributed by atoms with E-state index >= 15 is 0 Å². The normalized spacial score (nSPS) is 15.5. The van der Waals surface area contributed by atoms with E-state index in [2.05, 4.69) is 53.8 Å². The van der Waals surface area contributed by atoms with Crippen LogP contribution in [0, 0.1) is 6.92 Å². The van der Waals surface area contributed by atoms with E-state index in [1.807, 2.05) is 12.1 Å². The molecule has 1 aliphatic carbocycles. The van der Waals surface area contributed by atoms with Crippen molar-refractivity contribution in [1.82, 2.24) is 10.3 Å². The average molecular weight is 362 g/mol. The Hall–Kier alpha value is -2.59. The molecule has 1 heterocycles. The molecule has 1 fully saturated rings. The van der Waals surface area contributed by atoms with Crippen molar-refractivity contribution in [3.05, 3.63) is 70.9 Å². The molecular weight excluding hydrogens is 336 g/mol. The summed E-state index contributed by atoms with van der Waals surface area (Å²) in [5.41, 5.74) is 5.61. The quantitative estimate of drug-likeness (QED) is 0.642. The molecule has 140 valence electrons. The molecule has 4 rings (SSSR count). The van der Waals surface area contributed by atoms with Crippen molar-refractivity contribution in [3.8, 4) is 0 Å². The van der Waals surface area contributed by atoms with Gasteiger partial charge in [-0.2, -0.15) is 0 Å². The lowest BCUT2D eigenvalue weighted by Crippen LogP contribution is -2.35. The molecular formula is C23H26N2O2. The van der Waals surface area contributed by atoms with E-state index in [-0.39, 0.29) is 11.3 Å². The van der Waals surface area contributed by atoms with Crippen molar-refractivity contribution in [2.45, 2.75) is 31.6 Å². The summed E-state index contributed by atoms with van der Waals surface area (Å²) in [4.78, 5) is 16.0. The Bertz CT molecular complexity index is 952. The van der Waals surface area contributed by atoms with Crippen LogP contribution in [0.4, 0.5) is 0 Å². The van der Waals surface area contributed by atoms with Gasteiger partial charge in [-0.15, -0.1) is 0 Å². The summed E-state index contributed by atoms with van der Waals surface area (Å²) in [6.45, 7) is 3.14. The molecule has 4 nitrogen and oxygen atoms in total. The van der Waals surface area contributed by atoms with Gasteiger partial charge in [-0.25, -0.2) is 0 Å². The number of rotatable bonds is 6. The fourth-order valence-corrected chi connectivity index (χ4v) is 4.22. The van der Waals surface area contributed by atoms with Crippen LogP contribution in [0.15, 0.2) is 48.7 Å². The summed E-state index contributed by atoms with van der Waals surface area (Å²) in [6.07, 6.45) is 5.63. The highest BCUT2D eigenvalue weighted by Crippen LogP contribution is 2.51. The first kappa shape index (κ1) is 17.8. The number of aromatic amines is 1. The minimum Gasteiger partial charge on any atom is -0.383 e. The molecule has 0 saturated heterocycles. The summed E-state index contributed by atoms with van der Waals surface area (Å²) in [7, 11) is 1.63. The van der Waals surface area contributed by atoms with Gasteiger partial charge in [0.15, 0.2) is 0 Å². The molecule has 1 aliphatic rings. The smallest absolute Gasteiger partial charge is 0.253 e. The van der Waals surface area contributed by atoms with Crippen LogP contribution in [-0.4, -0.2) is 31.2 Å². The Labute approximate surface area is 159 Å². The number of ether oxygens (including phenoxy) is 1. The van der Waals surface area contributed by atoms with Gasteiger partial charge < -0.3 is 15.0 Å². The van der Waals surface area contributed by atoms with Crippen molar-refractivity contribution >= 4 is 16.8 Å². The Morgan fingerprint density at radius 2 is 1.96 bits per heavy atom. The number of hydrogen-bond acceptors (Lipinski definition) is 2. The molecule has 0 spiro atoms. The van der Waals surface area contributed by atoms with Crippen molar-refractivity contribution in [2.75, 3.05) is 20.3 Å². The first-order valence-corrected chi connectivity index (χ1v) is 9.60. The number of amides is 1. The Morgan fingerprint density at radius 3 is 2.63 bits per heavy atom. The third kappa shape index (κ3) is 3.04. The monoisotopic (exact) mass is 362 g/mol. The van der Waals surface area contributed by atoms with Gasteiger partial charge in [-0.1, -0.05) is 48.4 Å². The van der Waals surface area contributed by atoms with E-state index < -0.39 is 0 Å². The zero-order chi connectivity index (χ0) is 18.9. The number of carbonyl (C=O) groups is 1. The van der Waals surface area contributed by atoms with Gasteiger partial charge in [0.1, 0.15) is 0 Å². The molecule has 0 radical (unpaired) electrons. The van der Waals surface area contributed by atoms with E-state index in [4.69, 9.17) is 4.74 Å². The molecule has 0 unspecified atom stereocenters. The number of H-pyrrole nitrogens is 1. The SMILES string of the molecule is COCCNC(=O)c1cccc2c(C3(c4ccc(C)cc4)CCC3)c[nH]c12. The Balaban J connectivity index is 1.74. The third-order valence-corrected chi connectivity index (χ3v) is 5.88. The van der Waals surface area contributed by atoms with E-state index in [0.717, 1.165) is 23.7 Å². The first-order chi connectivity index (χ1) is 13.2. The molecule has 4 heteroatoms. The van der Waals surface area contributed by atoms with Crippen LogP contribution in [0.3, 0.4) is 0 Å². The van der Waals surface area contributed by atoms with E-state index in [9.17, 15) is 4.79 Å². The van der Waals surface area contributed by atoms with Crippen molar-refractivity contribution in [1.29, 1.82) is 0 Å². The number of hydrogen-bond donors (Lipinski definition) is 2. The zero-order valence-electron chi connectivity index (χ0n) is 16.0. The summed E-state index contributed by atoms with van der Waals surface area (Å²) < 4.78 is 5.02. The minimum atomic E-state index is -0.0657. The summed E-state index contributed by atoms with van der Waals surface area (Å²) >= 11 is 0. The third-order valence-electron chi connectivity index (χ3n) is 5.88. The average Bonchev–Trinajstić information content (AvgIpc) is 3.07. The molecule has 1 saturated carbocycles. The Kier molecular flexibility index (Phi) is 4.75. The topological polar surface area (TPSA) is 54.1 Å². The van der Waals surface area contributed by atoms with Crippen LogP contribution < -0.4 is 5.32 Å². The van der Waals surface area contributed by atoms with Gasteiger partial charge >= 0.3 is 0 Å². The second-order valence-electron chi connectivity index (χ2n) is 7.48. The predicted octanol–water partition coefficient (Wildman–Crippen LogP) is 4.32. The Morgan fingerprint density at radius 1 is 1.19 bits per heavy atom. The molecule has 0 bridgehead atoms. The highest BCUT2D eigenvalue weighted by molar-refractivity contribution is 6.06. The lowest BCUT2D eigenvalue weighted by molar-refractivity contribution is 0.0938. The van der Waals surface area contributed by atoms with Crippen LogP contribution in [0.5, 0.6) is 0 Å². The number of fused-ring (bicyclic) bond motifs is 1. The molecule has 2 aromatic carbocycles. The zero-order valence-corrected chi connectivity index (χ0v) is 16.0. The van der Waals surface area contributed by atoms with Crippen LogP contribution in [0.2, 0.25) is 0 Å². The highest BCUT2D eigenvalue weighted by Gasteiger charge is 2.42. The lowest BCUT2D eigenvalue weighted by atomic mass is 9.60. The lowest BCUT2D eigenvalue weighted by Gasteiger charge is -2.42. The van der Waals surface area contributed by atoms with Crippen LogP contribution >= 0.6 is 0 Å². The van der Waals surface area contributed by atoms with Gasteiger partial charge in [0.25, 0.3) is 5.91 Å². The molecule has 27 heavy (non-hydrogen) atoms. The minimum absolute atomic E-state index is 0.0527. The van der Waals surface area contributed by atoms with E-state index in [0.29, 0.717) is 18.7 Å². The van der Waals surface area contributed by atoms with Gasteiger partial charge in [0.2, 0.25) is 0 Å². The van der Waals surface area contributed by atoms with Gasteiger partial charge in [0, 0.05) is 30.7 Å². The highest BCUT2D eigenvalue weighted by atomic mass is 16.5. The number of methoxy groups -OCH3 is 1. The van der Waals surface area contributed by atoms with Crippen molar-refractivity contribution in [3.63, 3.8) is 0 Å². The number of nitrogens with one attached hydrogen (secondary N) is 2.